The number of aromatic nitrogens is 4. The van der Waals surface area contributed by atoms with Crippen molar-refractivity contribution in [3.05, 3.63) is 36.4 Å². The van der Waals surface area contributed by atoms with Gasteiger partial charge in [0.05, 0.1) is 37.5 Å². The lowest BCUT2D eigenvalue weighted by Crippen LogP contribution is -2.63. The van der Waals surface area contributed by atoms with Crippen LogP contribution in [0.3, 0.4) is 0 Å². The number of amides is 8. The molecule has 15 N–H and O–H groups in total. The summed E-state index contributed by atoms with van der Waals surface area (Å²) in [6.07, 6.45) is 3.64. The van der Waals surface area contributed by atoms with Gasteiger partial charge in [-0.25, -0.2) is 14.8 Å². The fourth-order valence-corrected chi connectivity index (χ4v) is 7.56. The number of carboxylic acids is 1. The number of carbonyl (C=O) groups is 9. The zero-order chi connectivity index (χ0) is 53.1. The fourth-order valence-electron chi connectivity index (χ4n) is 7.56. The van der Waals surface area contributed by atoms with E-state index in [9.17, 15) is 63.6 Å². The molecule has 1 fully saturated rings. The Morgan fingerprint density at radius 3 is 1.51 bits per heavy atom. The maximum absolute atomic E-state index is 14.1. The molecular weight excluding hydrogens is 931 g/mol. The van der Waals surface area contributed by atoms with Gasteiger partial charge in [-0.1, -0.05) is 48.0 Å². The fraction of sp³-hybridized carbons (Fsp3) is 0.667. The molecule has 0 saturated carbocycles. The number of hydrogen-bond donors (Lipinski definition) is 15. The number of nitrogens with zero attached hydrogens (tertiary/aromatic N) is 2. The van der Waals surface area contributed by atoms with Gasteiger partial charge in [0.15, 0.2) is 0 Å². The van der Waals surface area contributed by atoms with Gasteiger partial charge in [-0.05, 0) is 57.4 Å². The molecule has 2 aromatic heterocycles. The summed E-state index contributed by atoms with van der Waals surface area (Å²) < 4.78 is 0. The highest BCUT2D eigenvalue weighted by atomic mass is 16.4. The van der Waals surface area contributed by atoms with Crippen LogP contribution >= 0.6 is 0 Å². The van der Waals surface area contributed by atoms with Gasteiger partial charge in [0.2, 0.25) is 47.3 Å². The average Bonchev–Trinajstić information content (AvgIpc) is 4.14. The Balaban J connectivity index is 1.80. The summed E-state index contributed by atoms with van der Waals surface area (Å²) in [5.41, 5.74) is 0.779. The van der Waals surface area contributed by atoms with E-state index in [2.05, 4.69) is 67.8 Å². The van der Waals surface area contributed by atoms with Crippen LogP contribution in [0.4, 0.5) is 0 Å². The molecule has 0 aromatic carbocycles. The number of carbonyl (C=O) groups excluding carboxylic acids is 8. The highest BCUT2D eigenvalue weighted by molar-refractivity contribution is 5.98. The predicted molar refractivity (Wildman–Crippen MR) is 253 cm³/mol. The van der Waals surface area contributed by atoms with Crippen molar-refractivity contribution in [1.82, 2.24) is 67.8 Å². The Morgan fingerprint density at radius 2 is 1.06 bits per heavy atom. The number of nitrogens with one attached hydrogen (secondary N) is 11. The molecule has 8 amide bonds. The summed E-state index contributed by atoms with van der Waals surface area (Å²) in [4.78, 5) is 135. The smallest absolute Gasteiger partial charge is 0.326 e. The first-order valence-electron chi connectivity index (χ1n) is 23.8. The van der Waals surface area contributed by atoms with Gasteiger partial charge in [0, 0.05) is 36.6 Å². The minimum atomic E-state index is -1.69. The largest absolute Gasteiger partial charge is 0.480 e. The van der Waals surface area contributed by atoms with Crippen molar-refractivity contribution in [3.63, 3.8) is 0 Å². The van der Waals surface area contributed by atoms with Gasteiger partial charge < -0.3 is 78.2 Å². The van der Waals surface area contributed by atoms with E-state index in [4.69, 9.17) is 0 Å². The topological polar surface area (TPSA) is 400 Å². The van der Waals surface area contributed by atoms with Crippen LogP contribution in [0, 0.1) is 17.8 Å². The number of carboxylic acid groups (broad SMARTS) is 1. The standard InChI is InChI=1S/C45H73N13O13/c1-9-23(6)34(42(67)58-36(25(8)61)44(69)53-31(45(70)71)15-27-17-47-20-50-27)56-38(63)29(13-21(2)3)51-41(66)33(22(4)5)55-39(64)30(14-26-16-46-19-49-26)52-43(68)35(24(7)60)57-40(65)32(18-59)54-37(62)28-11-10-12-48-28/h16-17,19-25,28-36,48,59-61H,9-15,18H2,1-8H3,(H,46,49)(H,47,50)(H,51,66)(H,52,68)(H,53,69)(H,54,62)(H,55,64)(H,56,63)(H,57,65)(H,58,67)(H,70,71). The van der Waals surface area contributed by atoms with Crippen molar-refractivity contribution in [2.45, 2.75) is 160 Å². The minimum Gasteiger partial charge on any atom is -0.480 e. The van der Waals surface area contributed by atoms with Crippen LogP contribution in [-0.4, -0.2) is 173 Å². The number of aliphatic hydroxyl groups excluding tert-OH is 3. The highest BCUT2D eigenvalue weighted by Gasteiger charge is 2.38. The highest BCUT2D eigenvalue weighted by Crippen LogP contribution is 2.14. The molecule has 0 aliphatic carbocycles. The second kappa shape index (κ2) is 28.4. The van der Waals surface area contributed by atoms with Crippen LogP contribution in [0.15, 0.2) is 25.0 Å². The van der Waals surface area contributed by atoms with E-state index < -0.39 is 138 Å². The average molecular weight is 1000 g/mol. The van der Waals surface area contributed by atoms with Crippen molar-refractivity contribution in [3.8, 4) is 0 Å². The lowest BCUT2D eigenvalue weighted by Gasteiger charge is -2.31. The summed E-state index contributed by atoms with van der Waals surface area (Å²) in [7, 11) is 0. The molecule has 0 radical (unpaired) electrons. The molecule has 1 aliphatic rings. The third-order valence-corrected chi connectivity index (χ3v) is 11.9. The van der Waals surface area contributed by atoms with E-state index in [1.807, 2.05) is 0 Å². The Morgan fingerprint density at radius 1 is 0.606 bits per heavy atom. The maximum Gasteiger partial charge on any atom is 0.326 e. The molecule has 26 nitrogen and oxygen atoms in total. The summed E-state index contributed by atoms with van der Waals surface area (Å²) in [6.45, 7) is 12.4. The molecule has 1 saturated heterocycles. The van der Waals surface area contributed by atoms with Crippen molar-refractivity contribution in [2.24, 2.45) is 17.8 Å². The molecule has 396 valence electrons. The Hall–Kier alpha value is -6.51. The van der Waals surface area contributed by atoms with Crippen LogP contribution in [0.2, 0.25) is 0 Å². The summed E-state index contributed by atoms with van der Waals surface area (Å²) in [6, 6.07) is -12.2. The maximum atomic E-state index is 14.1. The molecular formula is C45H73N13O13. The SMILES string of the molecule is CCC(C)C(NC(=O)C(CC(C)C)NC(=O)C(NC(=O)C(Cc1cnc[nH]1)NC(=O)C(NC(=O)C(CO)NC(=O)C1CCCN1)C(C)O)C(C)C)C(=O)NC(C(=O)NC(Cc1cnc[nH]1)C(=O)O)C(C)O. The number of aliphatic hydroxyl groups is 3. The zero-order valence-electron chi connectivity index (χ0n) is 41.4. The van der Waals surface area contributed by atoms with Crippen molar-refractivity contribution in [1.29, 1.82) is 0 Å². The lowest BCUT2D eigenvalue weighted by atomic mass is 9.95. The van der Waals surface area contributed by atoms with Gasteiger partial charge in [0.1, 0.15) is 48.3 Å². The molecule has 12 unspecified atom stereocenters. The third-order valence-electron chi connectivity index (χ3n) is 11.9. The Kier molecular flexibility index (Phi) is 23.5. The van der Waals surface area contributed by atoms with Crippen LogP contribution in [0.5, 0.6) is 0 Å². The summed E-state index contributed by atoms with van der Waals surface area (Å²) in [5.74, 6) is -9.69. The molecule has 0 spiro atoms. The van der Waals surface area contributed by atoms with Crippen LogP contribution in [0.1, 0.15) is 92.5 Å². The number of imidazole rings is 2. The van der Waals surface area contributed by atoms with Crippen molar-refractivity contribution >= 4 is 53.2 Å². The molecule has 71 heavy (non-hydrogen) atoms. The first kappa shape index (κ1) is 58.8. The van der Waals surface area contributed by atoms with E-state index in [-0.39, 0.29) is 25.2 Å². The molecule has 12 atom stereocenters. The zero-order valence-corrected chi connectivity index (χ0v) is 41.4. The molecule has 26 heteroatoms. The second-order valence-electron chi connectivity index (χ2n) is 18.7. The van der Waals surface area contributed by atoms with Crippen molar-refractivity contribution < 1.29 is 63.6 Å². The van der Waals surface area contributed by atoms with Gasteiger partial charge in [0.25, 0.3) is 0 Å². The van der Waals surface area contributed by atoms with E-state index in [0.717, 1.165) is 6.42 Å². The molecule has 1 aliphatic heterocycles. The predicted octanol–water partition coefficient (Wildman–Crippen LogP) is -3.86. The lowest BCUT2D eigenvalue weighted by molar-refractivity contribution is -0.143. The Labute approximate surface area is 411 Å². The van der Waals surface area contributed by atoms with Gasteiger partial charge in [-0.15, -0.1) is 0 Å². The monoisotopic (exact) mass is 1000 g/mol. The van der Waals surface area contributed by atoms with E-state index in [0.29, 0.717) is 30.8 Å². The van der Waals surface area contributed by atoms with Crippen LogP contribution < -0.4 is 47.9 Å². The van der Waals surface area contributed by atoms with Gasteiger partial charge >= 0.3 is 5.97 Å². The summed E-state index contributed by atoms with van der Waals surface area (Å²) >= 11 is 0. The number of aromatic amines is 2. The van der Waals surface area contributed by atoms with Crippen LogP contribution in [0.25, 0.3) is 0 Å². The number of aliphatic carboxylic acids is 1. The van der Waals surface area contributed by atoms with E-state index in [1.165, 1.54) is 38.9 Å². The third kappa shape index (κ3) is 18.3. The first-order chi connectivity index (χ1) is 33.5. The molecule has 3 rings (SSSR count). The van der Waals surface area contributed by atoms with Crippen LogP contribution in [-0.2, 0) is 56.0 Å². The molecule has 2 aromatic rings. The summed E-state index contributed by atoms with van der Waals surface area (Å²) in [5, 5.41) is 63.9. The normalized spacial score (nSPS) is 18.2. The van der Waals surface area contributed by atoms with Gasteiger partial charge in [-0.3, -0.25) is 38.4 Å². The number of H-pyrrole nitrogens is 2. The Bertz CT molecular complexity index is 2080. The number of rotatable bonds is 29. The van der Waals surface area contributed by atoms with Crippen molar-refractivity contribution in [2.75, 3.05) is 13.2 Å². The second-order valence-corrected chi connectivity index (χ2v) is 18.7. The van der Waals surface area contributed by atoms with Gasteiger partial charge in [-0.2, -0.15) is 0 Å². The quantitative estimate of drug-likeness (QED) is 0.0371. The number of hydrogen-bond acceptors (Lipinski definition) is 15. The van der Waals surface area contributed by atoms with E-state index >= 15 is 0 Å². The minimum absolute atomic E-state index is 0.0556. The molecule has 3 heterocycles. The molecule has 0 bridgehead atoms. The first-order valence-corrected chi connectivity index (χ1v) is 23.8. The van der Waals surface area contributed by atoms with E-state index in [1.54, 1.807) is 41.5 Å².